The van der Waals surface area contributed by atoms with Crippen molar-refractivity contribution in [2.24, 2.45) is 0 Å². The number of carbonyl (C=O) groups excluding carboxylic acids is 1. The summed E-state index contributed by atoms with van der Waals surface area (Å²) in [5.74, 6) is 0.621. The van der Waals surface area contributed by atoms with Gasteiger partial charge in [0, 0.05) is 35.8 Å². The van der Waals surface area contributed by atoms with E-state index in [1.807, 2.05) is 35.2 Å². The number of pyridine rings is 1. The Morgan fingerprint density at radius 3 is 2.71 bits per heavy atom. The molecule has 0 saturated carbocycles. The molecule has 0 bridgehead atoms. The molecule has 0 spiro atoms. The summed E-state index contributed by atoms with van der Waals surface area (Å²) in [6.45, 7) is 1.60. The highest BCUT2D eigenvalue weighted by atomic mass is 32.3. The SMILES string of the molecule is Nc1ncc(-c2ccc3c(c2)CS(O)(O)N3)c2cc(C(=O)N3CCC3)ccc12. The van der Waals surface area contributed by atoms with Crippen molar-refractivity contribution in [1.82, 2.24) is 9.88 Å². The van der Waals surface area contributed by atoms with E-state index in [0.717, 1.165) is 52.7 Å². The first-order chi connectivity index (χ1) is 13.4. The van der Waals surface area contributed by atoms with E-state index < -0.39 is 10.8 Å². The van der Waals surface area contributed by atoms with E-state index in [-0.39, 0.29) is 11.7 Å². The Bertz CT molecular complexity index is 1130. The van der Waals surface area contributed by atoms with Crippen molar-refractivity contribution < 1.29 is 13.9 Å². The summed E-state index contributed by atoms with van der Waals surface area (Å²) >= 11 is 0. The standard InChI is InChI=1S/C20H20N4O3S/c21-19-15-4-2-13(20(25)24-6-1-7-24)9-16(15)17(10-22-19)12-3-5-18-14(8-12)11-28(26,27)23-18/h2-5,8-10,23,26-27H,1,6-7,11H2,(H2,21,22). The molecule has 144 valence electrons. The van der Waals surface area contributed by atoms with Gasteiger partial charge in [0.15, 0.2) is 0 Å². The smallest absolute Gasteiger partial charge is 0.253 e. The molecule has 5 rings (SSSR count). The van der Waals surface area contributed by atoms with Crippen LogP contribution in [-0.4, -0.2) is 38.0 Å². The molecular weight excluding hydrogens is 376 g/mol. The van der Waals surface area contributed by atoms with Gasteiger partial charge in [-0.3, -0.25) is 18.6 Å². The second-order valence-corrected chi connectivity index (χ2v) is 9.07. The van der Waals surface area contributed by atoms with Gasteiger partial charge >= 0.3 is 0 Å². The summed E-state index contributed by atoms with van der Waals surface area (Å²) < 4.78 is 22.6. The number of anilines is 2. The highest BCUT2D eigenvalue weighted by molar-refractivity contribution is 8.25. The van der Waals surface area contributed by atoms with Crippen LogP contribution in [0.1, 0.15) is 22.3 Å². The van der Waals surface area contributed by atoms with Gasteiger partial charge in [0.25, 0.3) is 5.91 Å². The Kier molecular flexibility index (Phi) is 3.77. The number of amides is 1. The first kappa shape index (κ1) is 17.3. The Balaban J connectivity index is 1.63. The van der Waals surface area contributed by atoms with Crippen molar-refractivity contribution >= 4 is 39.0 Å². The lowest BCUT2D eigenvalue weighted by Crippen LogP contribution is -2.41. The maximum Gasteiger partial charge on any atom is 0.253 e. The summed E-state index contributed by atoms with van der Waals surface area (Å²) in [7, 11) is -2.81. The minimum Gasteiger partial charge on any atom is -0.383 e. The molecule has 2 aromatic carbocycles. The van der Waals surface area contributed by atoms with Crippen LogP contribution < -0.4 is 10.5 Å². The van der Waals surface area contributed by atoms with Crippen LogP contribution in [0, 0.1) is 0 Å². The fraction of sp³-hybridized carbons (Fsp3) is 0.200. The van der Waals surface area contributed by atoms with Crippen molar-refractivity contribution in [3.8, 4) is 11.1 Å². The lowest BCUT2D eigenvalue weighted by molar-refractivity contribution is 0.0652. The third-order valence-electron chi connectivity index (χ3n) is 5.36. The van der Waals surface area contributed by atoms with Gasteiger partial charge in [-0.1, -0.05) is 6.07 Å². The third kappa shape index (κ3) is 2.77. The number of rotatable bonds is 2. The average Bonchev–Trinajstić information content (AvgIpc) is 2.93. The first-order valence-electron chi connectivity index (χ1n) is 9.06. The molecular formula is C20H20N4O3S. The summed E-state index contributed by atoms with van der Waals surface area (Å²) in [6.07, 6.45) is 2.75. The number of benzene rings is 2. The van der Waals surface area contributed by atoms with Crippen LogP contribution in [-0.2, 0) is 5.75 Å². The zero-order chi connectivity index (χ0) is 19.5. The molecule has 1 amide bonds. The molecule has 3 aromatic rings. The molecule has 8 heteroatoms. The predicted molar refractivity (Wildman–Crippen MR) is 112 cm³/mol. The average molecular weight is 396 g/mol. The molecule has 1 saturated heterocycles. The van der Waals surface area contributed by atoms with Crippen molar-refractivity contribution in [2.45, 2.75) is 12.2 Å². The van der Waals surface area contributed by atoms with Crippen molar-refractivity contribution in [2.75, 3.05) is 23.5 Å². The number of hydrogen-bond acceptors (Lipinski definition) is 6. The number of likely N-dealkylation sites (tertiary alicyclic amines) is 1. The number of nitrogens with zero attached hydrogens (tertiary/aromatic N) is 2. The first-order valence-corrected chi connectivity index (χ1v) is 10.8. The summed E-state index contributed by atoms with van der Waals surface area (Å²) in [5, 5.41) is 1.65. The number of nitrogens with one attached hydrogen (secondary N) is 1. The van der Waals surface area contributed by atoms with Crippen molar-refractivity contribution in [3.63, 3.8) is 0 Å². The second-order valence-electron chi connectivity index (χ2n) is 7.25. The van der Waals surface area contributed by atoms with Gasteiger partial charge in [-0.2, -0.15) is 0 Å². The van der Waals surface area contributed by atoms with E-state index >= 15 is 0 Å². The molecule has 2 aliphatic heterocycles. The minimum atomic E-state index is -2.81. The van der Waals surface area contributed by atoms with Crippen LogP contribution in [0.25, 0.3) is 21.9 Å². The number of aromatic nitrogens is 1. The fourth-order valence-electron chi connectivity index (χ4n) is 3.74. The normalized spacial score (nSPS) is 18.3. The monoisotopic (exact) mass is 396 g/mol. The molecule has 5 N–H and O–H groups in total. The fourth-order valence-corrected chi connectivity index (χ4v) is 5.03. The lowest BCUT2D eigenvalue weighted by Gasteiger charge is -2.31. The Morgan fingerprint density at radius 2 is 1.96 bits per heavy atom. The van der Waals surface area contributed by atoms with E-state index in [1.165, 1.54) is 0 Å². The molecule has 2 aliphatic rings. The summed E-state index contributed by atoms with van der Waals surface area (Å²) in [4.78, 5) is 18.8. The Morgan fingerprint density at radius 1 is 1.14 bits per heavy atom. The van der Waals surface area contributed by atoms with Crippen LogP contribution in [0.4, 0.5) is 11.5 Å². The van der Waals surface area contributed by atoms with Gasteiger partial charge in [0.05, 0.1) is 11.4 Å². The maximum atomic E-state index is 12.6. The van der Waals surface area contributed by atoms with Crippen molar-refractivity contribution in [3.05, 3.63) is 53.7 Å². The Labute approximate surface area is 163 Å². The van der Waals surface area contributed by atoms with E-state index in [0.29, 0.717) is 11.4 Å². The van der Waals surface area contributed by atoms with E-state index in [2.05, 4.69) is 9.71 Å². The molecule has 28 heavy (non-hydrogen) atoms. The summed E-state index contributed by atoms with van der Waals surface area (Å²) in [6, 6.07) is 11.2. The van der Waals surface area contributed by atoms with Crippen LogP contribution in [0.3, 0.4) is 0 Å². The molecule has 0 atom stereocenters. The van der Waals surface area contributed by atoms with E-state index in [4.69, 9.17) is 5.73 Å². The third-order valence-corrected chi connectivity index (χ3v) is 6.62. The van der Waals surface area contributed by atoms with Crippen LogP contribution >= 0.6 is 10.8 Å². The van der Waals surface area contributed by atoms with Gasteiger partial charge in [0.2, 0.25) is 0 Å². The molecule has 0 radical (unpaired) electrons. The van der Waals surface area contributed by atoms with Gasteiger partial charge in [0.1, 0.15) is 5.82 Å². The van der Waals surface area contributed by atoms with Crippen LogP contribution in [0.5, 0.6) is 0 Å². The quantitative estimate of drug-likeness (QED) is 0.522. The largest absolute Gasteiger partial charge is 0.383 e. The molecule has 1 aromatic heterocycles. The molecule has 0 aliphatic carbocycles. The zero-order valence-corrected chi connectivity index (χ0v) is 15.9. The molecule has 1 fully saturated rings. The molecule has 7 nitrogen and oxygen atoms in total. The minimum absolute atomic E-state index is 0.0292. The number of fused-ring (bicyclic) bond motifs is 2. The van der Waals surface area contributed by atoms with E-state index in [9.17, 15) is 13.9 Å². The number of nitrogens with two attached hydrogens (primary N) is 1. The van der Waals surface area contributed by atoms with Gasteiger partial charge in [-0.05, 0) is 53.3 Å². The van der Waals surface area contributed by atoms with Gasteiger partial charge in [-0.15, -0.1) is 10.8 Å². The van der Waals surface area contributed by atoms with Crippen molar-refractivity contribution in [1.29, 1.82) is 0 Å². The zero-order valence-electron chi connectivity index (χ0n) is 15.1. The summed E-state index contributed by atoms with van der Waals surface area (Å²) in [5.41, 5.74) is 10.0. The topological polar surface area (TPSA) is 112 Å². The van der Waals surface area contributed by atoms with E-state index in [1.54, 1.807) is 12.3 Å². The van der Waals surface area contributed by atoms with Crippen LogP contribution in [0.15, 0.2) is 42.6 Å². The molecule has 0 unspecified atom stereocenters. The maximum absolute atomic E-state index is 12.6. The second kappa shape index (κ2) is 6.10. The van der Waals surface area contributed by atoms with Gasteiger partial charge < -0.3 is 10.6 Å². The lowest BCUT2D eigenvalue weighted by atomic mass is 9.96. The van der Waals surface area contributed by atoms with Gasteiger partial charge in [-0.25, -0.2) is 4.98 Å². The number of carbonyl (C=O) groups is 1. The number of hydrogen-bond donors (Lipinski definition) is 4. The highest BCUT2D eigenvalue weighted by Crippen LogP contribution is 2.51. The number of nitrogen functional groups attached to an aromatic ring is 1. The predicted octanol–water partition coefficient (Wildman–Crippen LogP) is 3.92. The molecule has 3 heterocycles. The highest BCUT2D eigenvalue weighted by Gasteiger charge is 2.25. The van der Waals surface area contributed by atoms with Crippen LogP contribution in [0.2, 0.25) is 0 Å². The Hall–Kier alpha value is -2.81.